The molecule has 0 atom stereocenters. The van der Waals surface area contributed by atoms with Gasteiger partial charge < -0.3 is 5.32 Å². The van der Waals surface area contributed by atoms with Crippen molar-refractivity contribution in [3.8, 4) is 11.3 Å². The zero-order valence-corrected chi connectivity index (χ0v) is 20.0. The third-order valence-electron chi connectivity index (χ3n) is 6.23. The van der Waals surface area contributed by atoms with Gasteiger partial charge in [0.05, 0.1) is 27.9 Å². The highest BCUT2D eigenvalue weighted by molar-refractivity contribution is 6.13. The van der Waals surface area contributed by atoms with Crippen molar-refractivity contribution in [2.75, 3.05) is 10.2 Å². The number of hydrogen-bond donors (Lipinski definition) is 1. The van der Waals surface area contributed by atoms with Gasteiger partial charge in [-0.3, -0.25) is 14.6 Å². The molecular weight excluding hydrogens is 502 g/mol. The molecule has 2 amide bonds. The van der Waals surface area contributed by atoms with Crippen molar-refractivity contribution in [3.63, 3.8) is 0 Å². The summed E-state index contributed by atoms with van der Waals surface area (Å²) in [6.07, 6.45) is -1.28. The Balaban J connectivity index is 1.64. The molecule has 0 saturated heterocycles. The van der Waals surface area contributed by atoms with Crippen molar-refractivity contribution in [1.82, 2.24) is 15.0 Å². The zero-order chi connectivity index (χ0) is 27.2. The van der Waals surface area contributed by atoms with Crippen molar-refractivity contribution in [2.24, 2.45) is 0 Å². The maximum atomic E-state index is 13.8. The predicted molar refractivity (Wildman–Crippen MR) is 131 cm³/mol. The molecule has 2 aromatic carbocycles. The van der Waals surface area contributed by atoms with Gasteiger partial charge in [0.15, 0.2) is 0 Å². The number of carbonyl (C=O) groups excluding carboxylic acids is 2. The molecular formula is C27H19F4N5O2. The van der Waals surface area contributed by atoms with Crippen LogP contribution in [-0.2, 0) is 16.4 Å². The molecule has 11 heteroatoms. The first-order chi connectivity index (χ1) is 18.0. The smallest absolute Gasteiger partial charge is 0.322 e. The molecule has 0 bridgehead atoms. The molecule has 3 heterocycles. The van der Waals surface area contributed by atoms with Gasteiger partial charge in [-0.1, -0.05) is 12.1 Å². The van der Waals surface area contributed by atoms with Gasteiger partial charge in [0.2, 0.25) is 11.9 Å². The monoisotopic (exact) mass is 521 g/mol. The minimum atomic E-state index is -4.86. The highest BCUT2D eigenvalue weighted by atomic mass is 19.4. The lowest BCUT2D eigenvalue weighted by molar-refractivity contribution is -0.138. The van der Waals surface area contributed by atoms with Gasteiger partial charge in [-0.15, -0.1) is 0 Å². The molecule has 0 radical (unpaired) electrons. The number of amides is 2. The summed E-state index contributed by atoms with van der Waals surface area (Å²) in [5.41, 5.74) is -1.48. The van der Waals surface area contributed by atoms with Crippen LogP contribution in [0.15, 0.2) is 73.2 Å². The second-order valence-corrected chi connectivity index (χ2v) is 9.09. The van der Waals surface area contributed by atoms with Gasteiger partial charge in [-0.05, 0) is 56.3 Å². The maximum absolute atomic E-state index is 13.8. The third-order valence-corrected chi connectivity index (χ3v) is 6.23. The van der Waals surface area contributed by atoms with Gasteiger partial charge in [-0.2, -0.15) is 13.2 Å². The van der Waals surface area contributed by atoms with Crippen LogP contribution in [0.25, 0.3) is 11.3 Å². The number of pyridine rings is 1. The number of halogens is 4. The quantitative estimate of drug-likeness (QED) is 0.338. The van der Waals surface area contributed by atoms with Gasteiger partial charge in [0.1, 0.15) is 5.82 Å². The van der Waals surface area contributed by atoms with Crippen LogP contribution < -0.4 is 10.2 Å². The molecule has 192 valence electrons. The summed E-state index contributed by atoms with van der Waals surface area (Å²) in [5.74, 6) is -1.78. The average molecular weight is 521 g/mol. The number of nitrogens with one attached hydrogen (secondary N) is 1. The third kappa shape index (κ3) is 4.25. The lowest BCUT2D eigenvalue weighted by Gasteiger charge is -2.20. The highest BCUT2D eigenvalue weighted by Crippen LogP contribution is 2.48. The molecule has 5 rings (SSSR count). The van der Waals surface area contributed by atoms with Crippen LogP contribution in [0.3, 0.4) is 0 Å². The first kappa shape index (κ1) is 25.0. The van der Waals surface area contributed by atoms with E-state index < -0.39 is 34.4 Å². The summed E-state index contributed by atoms with van der Waals surface area (Å²) < 4.78 is 54.7. The first-order valence-electron chi connectivity index (χ1n) is 11.4. The van der Waals surface area contributed by atoms with Crippen molar-refractivity contribution in [2.45, 2.75) is 25.4 Å². The Morgan fingerprint density at radius 1 is 0.974 bits per heavy atom. The Morgan fingerprint density at radius 3 is 2.32 bits per heavy atom. The largest absolute Gasteiger partial charge is 0.418 e. The molecule has 0 saturated carbocycles. The number of aromatic nitrogens is 3. The molecule has 38 heavy (non-hydrogen) atoms. The fourth-order valence-corrected chi connectivity index (χ4v) is 4.45. The Labute approximate surface area is 214 Å². The van der Waals surface area contributed by atoms with E-state index in [0.29, 0.717) is 23.0 Å². The van der Waals surface area contributed by atoms with E-state index in [1.807, 2.05) is 0 Å². The fourth-order valence-electron chi connectivity index (χ4n) is 4.45. The molecule has 0 unspecified atom stereocenters. The molecule has 0 spiro atoms. The van der Waals surface area contributed by atoms with E-state index in [0.717, 1.165) is 18.2 Å². The van der Waals surface area contributed by atoms with Crippen molar-refractivity contribution < 1.29 is 27.2 Å². The lowest BCUT2D eigenvalue weighted by atomic mass is 9.82. The number of hydrogen-bond acceptors (Lipinski definition) is 5. The van der Waals surface area contributed by atoms with Gasteiger partial charge >= 0.3 is 6.18 Å². The first-order valence-corrected chi connectivity index (χ1v) is 11.4. The summed E-state index contributed by atoms with van der Waals surface area (Å²) in [7, 11) is 0. The van der Waals surface area contributed by atoms with Gasteiger partial charge in [0, 0.05) is 35.4 Å². The summed E-state index contributed by atoms with van der Waals surface area (Å²) in [5, 5.41) is 2.37. The van der Waals surface area contributed by atoms with Gasteiger partial charge in [-0.25, -0.2) is 19.3 Å². The number of fused-ring (bicyclic) bond motifs is 1. The topological polar surface area (TPSA) is 88.1 Å². The SMILES string of the molecule is CC1(C)C(=O)N(c2ncccn2)c2cccc(-c3cc(C(=O)Nc4ccc(F)cc4)c(C(F)(F)F)cn3)c21. The second kappa shape index (κ2) is 9.02. The molecule has 4 aromatic rings. The minimum absolute atomic E-state index is 0.0656. The Kier molecular flexibility index (Phi) is 5.93. The molecule has 1 aliphatic heterocycles. The Bertz CT molecular complexity index is 1550. The summed E-state index contributed by atoms with van der Waals surface area (Å²) in [6.45, 7) is 3.37. The fraction of sp³-hybridized carbons (Fsp3) is 0.148. The molecule has 1 aliphatic rings. The lowest BCUT2D eigenvalue weighted by Crippen LogP contribution is -2.34. The van der Waals surface area contributed by atoms with Crippen LogP contribution in [0.2, 0.25) is 0 Å². The Hall–Kier alpha value is -4.67. The number of anilines is 3. The van der Waals surface area contributed by atoms with Crippen LogP contribution in [0, 0.1) is 5.82 Å². The van der Waals surface area contributed by atoms with Gasteiger partial charge in [0.25, 0.3) is 5.91 Å². The predicted octanol–water partition coefficient (Wildman–Crippen LogP) is 5.90. The van der Waals surface area contributed by atoms with E-state index in [9.17, 15) is 27.2 Å². The number of nitrogens with zero attached hydrogens (tertiary/aromatic N) is 4. The van der Waals surface area contributed by atoms with Crippen LogP contribution in [0.1, 0.15) is 35.3 Å². The Morgan fingerprint density at radius 2 is 1.66 bits per heavy atom. The van der Waals surface area contributed by atoms with Crippen molar-refractivity contribution in [1.29, 1.82) is 0 Å². The van der Waals surface area contributed by atoms with E-state index in [1.54, 1.807) is 38.1 Å². The van der Waals surface area contributed by atoms with Crippen LogP contribution in [-0.4, -0.2) is 26.8 Å². The standard InChI is InChI=1S/C27H19F4N5O2/c1-26(2)22-17(5-3-6-21(22)36(24(26)38)25-32-11-4-12-33-25)20-13-18(19(14-34-20)27(29,30)31)23(37)35-16-9-7-15(28)8-10-16/h3-14H,1-2H3,(H,35,37). The zero-order valence-electron chi connectivity index (χ0n) is 20.0. The van der Waals surface area contributed by atoms with Crippen molar-refractivity contribution in [3.05, 3.63) is 95.7 Å². The van der Waals surface area contributed by atoms with Crippen LogP contribution in [0.4, 0.5) is 34.9 Å². The van der Waals surface area contributed by atoms with E-state index >= 15 is 0 Å². The van der Waals surface area contributed by atoms with Crippen molar-refractivity contribution >= 4 is 29.1 Å². The average Bonchev–Trinajstić information content (AvgIpc) is 3.10. The maximum Gasteiger partial charge on any atom is 0.418 e. The van der Waals surface area contributed by atoms with Crippen LogP contribution >= 0.6 is 0 Å². The normalized spacial score (nSPS) is 14.4. The molecule has 7 nitrogen and oxygen atoms in total. The van der Waals surface area contributed by atoms with E-state index in [4.69, 9.17) is 0 Å². The molecule has 0 fully saturated rings. The minimum Gasteiger partial charge on any atom is -0.322 e. The number of rotatable bonds is 4. The van der Waals surface area contributed by atoms with E-state index in [-0.39, 0.29) is 23.2 Å². The molecule has 1 N–H and O–H groups in total. The molecule has 0 aliphatic carbocycles. The van der Waals surface area contributed by atoms with E-state index in [1.165, 1.54) is 29.4 Å². The number of benzene rings is 2. The highest BCUT2D eigenvalue weighted by Gasteiger charge is 2.47. The van der Waals surface area contributed by atoms with Crippen LogP contribution in [0.5, 0.6) is 0 Å². The summed E-state index contributed by atoms with van der Waals surface area (Å²) in [6, 6.07) is 12.2. The number of carbonyl (C=O) groups is 2. The number of alkyl halides is 3. The van der Waals surface area contributed by atoms with E-state index in [2.05, 4.69) is 20.3 Å². The summed E-state index contributed by atoms with van der Waals surface area (Å²) in [4.78, 5) is 40.2. The molecule has 2 aromatic heterocycles. The summed E-state index contributed by atoms with van der Waals surface area (Å²) >= 11 is 0. The second-order valence-electron chi connectivity index (χ2n) is 9.09.